The van der Waals surface area contributed by atoms with Crippen molar-refractivity contribution in [3.05, 3.63) is 63.7 Å². The molecule has 1 unspecified atom stereocenters. The molecule has 134 valence electrons. The number of nitrogens with two attached hydrogens (primary N) is 1. The summed E-state index contributed by atoms with van der Waals surface area (Å²) in [5.74, 6) is -0.258. The number of carbonyl (C=O) groups excluding carboxylic acids is 1. The van der Waals surface area contributed by atoms with E-state index in [4.69, 9.17) is 34.3 Å². The fourth-order valence-corrected chi connectivity index (χ4v) is 3.32. The smallest absolute Gasteiger partial charge is 0.255 e. The van der Waals surface area contributed by atoms with Gasteiger partial charge in [0.15, 0.2) is 0 Å². The predicted octanol–water partition coefficient (Wildman–Crippen LogP) is 3.41. The molecule has 0 saturated carbocycles. The fraction of sp³-hybridized carbons (Fsp3) is 0.222. The molecule has 0 aliphatic carbocycles. The third-order valence-corrected chi connectivity index (χ3v) is 5.24. The van der Waals surface area contributed by atoms with Crippen LogP contribution >= 0.6 is 23.2 Å². The number of nitrogens with zero attached hydrogens (tertiary/aromatic N) is 3. The Morgan fingerprint density at radius 1 is 1.35 bits per heavy atom. The molecule has 2 heterocycles. The summed E-state index contributed by atoms with van der Waals surface area (Å²) in [4.78, 5) is 22.7. The van der Waals surface area contributed by atoms with Crippen molar-refractivity contribution >= 4 is 40.5 Å². The van der Waals surface area contributed by atoms with E-state index in [-0.39, 0.29) is 16.6 Å². The van der Waals surface area contributed by atoms with Crippen molar-refractivity contribution in [3.63, 3.8) is 0 Å². The monoisotopic (exact) mass is 389 g/mol. The number of aromatic nitrogens is 2. The lowest BCUT2D eigenvalue weighted by Crippen LogP contribution is -2.48. The zero-order valence-electron chi connectivity index (χ0n) is 14.0. The summed E-state index contributed by atoms with van der Waals surface area (Å²) >= 11 is 12.2. The minimum atomic E-state index is -0.448. The zero-order chi connectivity index (χ0) is 18.8. The van der Waals surface area contributed by atoms with Crippen LogP contribution in [0.4, 0.5) is 0 Å². The molecule has 1 atom stereocenters. The Kier molecular flexibility index (Phi) is 5.25. The normalized spacial score (nSPS) is 19.4. The lowest BCUT2D eigenvalue weighted by Gasteiger charge is -2.36. The second-order valence-electron chi connectivity index (χ2n) is 5.92. The van der Waals surface area contributed by atoms with E-state index in [0.717, 1.165) is 0 Å². The number of rotatable bonds is 2. The van der Waals surface area contributed by atoms with Gasteiger partial charge in [-0.3, -0.25) is 14.8 Å². The van der Waals surface area contributed by atoms with Crippen molar-refractivity contribution in [2.75, 3.05) is 6.54 Å². The molecular formula is C18H17Cl2N5O. The Morgan fingerprint density at radius 3 is 2.81 bits per heavy atom. The van der Waals surface area contributed by atoms with Gasteiger partial charge in [-0.15, -0.1) is 0 Å². The van der Waals surface area contributed by atoms with Crippen LogP contribution < -0.4 is 5.73 Å². The highest BCUT2D eigenvalue weighted by Gasteiger charge is 2.33. The maximum absolute atomic E-state index is 12.9. The molecule has 1 aromatic heterocycles. The summed E-state index contributed by atoms with van der Waals surface area (Å²) in [7, 11) is 0. The fourth-order valence-electron chi connectivity index (χ4n) is 2.94. The van der Waals surface area contributed by atoms with Crippen LogP contribution in [-0.4, -0.2) is 39.1 Å². The van der Waals surface area contributed by atoms with Gasteiger partial charge in [0.25, 0.3) is 5.91 Å². The largest absolute Gasteiger partial charge is 0.397 e. The predicted molar refractivity (Wildman–Crippen MR) is 102 cm³/mol. The first-order valence-corrected chi connectivity index (χ1v) is 8.76. The second-order valence-corrected chi connectivity index (χ2v) is 6.71. The highest BCUT2D eigenvalue weighted by atomic mass is 35.5. The Labute approximate surface area is 161 Å². The van der Waals surface area contributed by atoms with Gasteiger partial charge in [-0.2, -0.15) is 0 Å². The van der Waals surface area contributed by atoms with Crippen molar-refractivity contribution in [1.82, 2.24) is 14.9 Å². The molecule has 6 nitrogen and oxygen atoms in total. The van der Waals surface area contributed by atoms with E-state index in [1.54, 1.807) is 48.6 Å². The SMILES string of the molecule is CC1C(=N)/C(=C(\N)c2cnccn2)CCN1C(=O)c1cccc(Cl)c1Cl. The van der Waals surface area contributed by atoms with E-state index in [9.17, 15) is 4.79 Å². The first-order chi connectivity index (χ1) is 12.4. The van der Waals surface area contributed by atoms with Gasteiger partial charge in [0.1, 0.15) is 5.69 Å². The Morgan fingerprint density at radius 2 is 2.12 bits per heavy atom. The zero-order valence-corrected chi connectivity index (χ0v) is 15.6. The van der Waals surface area contributed by atoms with Crippen LogP contribution in [0.15, 0.2) is 42.4 Å². The molecule has 3 rings (SSSR count). The van der Waals surface area contributed by atoms with Gasteiger partial charge in [-0.25, -0.2) is 0 Å². The van der Waals surface area contributed by atoms with E-state index in [1.165, 1.54) is 0 Å². The van der Waals surface area contributed by atoms with Gasteiger partial charge in [0.2, 0.25) is 0 Å². The number of hydrogen-bond acceptors (Lipinski definition) is 5. The quantitative estimate of drug-likeness (QED) is 0.822. The van der Waals surface area contributed by atoms with Crippen LogP contribution in [-0.2, 0) is 0 Å². The van der Waals surface area contributed by atoms with Crippen molar-refractivity contribution in [2.24, 2.45) is 5.73 Å². The number of nitrogens with one attached hydrogen (secondary N) is 1. The highest BCUT2D eigenvalue weighted by molar-refractivity contribution is 6.43. The third kappa shape index (κ3) is 3.30. The molecule has 1 aromatic carbocycles. The Bertz CT molecular complexity index is 898. The Balaban J connectivity index is 1.89. The lowest BCUT2D eigenvalue weighted by atomic mass is 9.92. The number of halogens is 2. The summed E-state index contributed by atoms with van der Waals surface area (Å²) < 4.78 is 0. The van der Waals surface area contributed by atoms with Crippen LogP contribution in [0.2, 0.25) is 10.0 Å². The van der Waals surface area contributed by atoms with Crippen LogP contribution in [0.5, 0.6) is 0 Å². The van der Waals surface area contributed by atoms with Crippen LogP contribution in [0, 0.1) is 5.41 Å². The second kappa shape index (κ2) is 7.43. The molecule has 1 aliphatic rings. The third-order valence-electron chi connectivity index (χ3n) is 4.42. The van der Waals surface area contributed by atoms with Gasteiger partial charge in [0.05, 0.1) is 39.3 Å². The number of amides is 1. The maximum Gasteiger partial charge on any atom is 0.255 e. The molecule has 1 fully saturated rings. The molecule has 8 heteroatoms. The van der Waals surface area contributed by atoms with E-state index < -0.39 is 6.04 Å². The molecule has 3 N–H and O–H groups in total. The van der Waals surface area contributed by atoms with E-state index in [0.29, 0.717) is 40.5 Å². The molecule has 1 saturated heterocycles. The average molecular weight is 390 g/mol. The summed E-state index contributed by atoms with van der Waals surface area (Å²) in [5, 5.41) is 9.02. The lowest BCUT2D eigenvalue weighted by molar-refractivity contribution is 0.0728. The number of carbonyl (C=O) groups is 1. The average Bonchev–Trinajstić information content (AvgIpc) is 2.66. The minimum Gasteiger partial charge on any atom is -0.397 e. The van der Waals surface area contributed by atoms with E-state index in [2.05, 4.69) is 9.97 Å². The topological polar surface area (TPSA) is 96.0 Å². The molecule has 0 spiro atoms. The van der Waals surface area contributed by atoms with Gasteiger partial charge in [0, 0.05) is 24.5 Å². The molecular weight excluding hydrogens is 373 g/mol. The molecule has 0 bridgehead atoms. The van der Waals surface area contributed by atoms with Gasteiger partial charge < -0.3 is 16.0 Å². The summed E-state index contributed by atoms with van der Waals surface area (Å²) in [6.45, 7) is 2.21. The van der Waals surface area contributed by atoms with Crippen molar-refractivity contribution < 1.29 is 4.79 Å². The van der Waals surface area contributed by atoms with Gasteiger partial charge in [-0.1, -0.05) is 29.3 Å². The molecule has 2 aromatic rings. The standard InChI is InChI=1S/C18H17Cl2N5O/c1-10-16(21)12(17(22)14-9-23-6-7-24-14)5-8-25(10)18(26)11-3-2-4-13(19)15(11)20/h2-4,6-7,9-10,21H,5,8,22H2,1H3/b17-12-,21-16?. The summed E-state index contributed by atoms with van der Waals surface area (Å²) in [6.07, 6.45) is 5.13. The summed E-state index contributed by atoms with van der Waals surface area (Å²) in [5.41, 5.74) is 8.43. The number of piperidine rings is 1. The first kappa shape index (κ1) is 18.4. The minimum absolute atomic E-state index is 0.221. The number of benzene rings is 1. The van der Waals surface area contributed by atoms with E-state index in [1.807, 2.05) is 0 Å². The molecule has 1 amide bonds. The first-order valence-electron chi connectivity index (χ1n) is 8.00. The molecule has 1 aliphatic heterocycles. The van der Waals surface area contributed by atoms with Crippen molar-refractivity contribution in [1.29, 1.82) is 5.41 Å². The highest BCUT2D eigenvalue weighted by Crippen LogP contribution is 2.30. The number of likely N-dealkylation sites (tertiary alicyclic amines) is 1. The molecule has 26 heavy (non-hydrogen) atoms. The van der Waals surface area contributed by atoms with Gasteiger partial charge in [-0.05, 0) is 25.5 Å². The maximum atomic E-state index is 12.9. The Hall–Kier alpha value is -2.44. The van der Waals surface area contributed by atoms with Crippen molar-refractivity contribution in [2.45, 2.75) is 19.4 Å². The van der Waals surface area contributed by atoms with E-state index >= 15 is 0 Å². The van der Waals surface area contributed by atoms with Crippen molar-refractivity contribution in [3.8, 4) is 0 Å². The van der Waals surface area contributed by atoms with Crippen LogP contribution in [0.25, 0.3) is 5.70 Å². The summed E-state index contributed by atoms with van der Waals surface area (Å²) in [6, 6.07) is 4.49. The number of hydrogen-bond donors (Lipinski definition) is 2. The van der Waals surface area contributed by atoms with Crippen LogP contribution in [0.3, 0.4) is 0 Å². The van der Waals surface area contributed by atoms with Gasteiger partial charge >= 0.3 is 0 Å². The van der Waals surface area contributed by atoms with Crippen LogP contribution in [0.1, 0.15) is 29.4 Å². The molecule has 0 radical (unpaired) electrons.